The summed E-state index contributed by atoms with van der Waals surface area (Å²) in [7, 11) is 0. The Kier molecular flexibility index (Phi) is 5.19. The number of rotatable bonds is 6. The number of carbonyl (C=O) groups excluding carboxylic acids is 1. The molecule has 4 rings (SSSR count). The Morgan fingerprint density at radius 2 is 2.00 bits per heavy atom. The lowest BCUT2D eigenvalue weighted by Gasteiger charge is -2.35. The van der Waals surface area contributed by atoms with Gasteiger partial charge in [-0.25, -0.2) is 0 Å². The number of ether oxygens (including phenoxy) is 2. The zero-order valence-electron chi connectivity index (χ0n) is 15.1. The van der Waals surface area contributed by atoms with Crippen LogP contribution < -0.4 is 11.1 Å². The van der Waals surface area contributed by atoms with Gasteiger partial charge >= 0.3 is 0 Å². The summed E-state index contributed by atoms with van der Waals surface area (Å²) < 4.78 is 11.1. The molecule has 0 spiro atoms. The van der Waals surface area contributed by atoms with Crippen LogP contribution in [0.15, 0.2) is 0 Å². The monoisotopic (exact) mass is 387 g/mol. The van der Waals surface area contributed by atoms with Crippen LogP contribution in [0.5, 0.6) is 0 Å². The Labute approximate surface area is 157 Å². The van der Waals surface area contributed by atoms with Gasteiger partial charge < -0.3 is 41.0 Å². The molecule has 2 heterocycles. The number of aliphatic hydroxyl groups excluding tert-OH is 3. The van der Waals surface area contributed by atoms with Gasteiger partial charge in [-0.3, -0.25) is 9.69 Å². The molecule has 0 aromatic rings. The van der Waals surface area contributed by atoms with E-state index in [1.165, 1.54) is 0 Å². The fourth-order valence-corrected chi connectivity index (χ4v) is 4.30. The van der Waals surface area contributed by atoms with E-state index in [-0.39, 0.29) is 30.1 Å². The van der Waals surface area contributed by atoms with Crippen molar-refractivity contribution in [3.05, 3.63) is 0 Å². The molecule has 10 nitrogen and oxygen atoms in total. The molecular weight excluding hydrogens is 358 g/mol. The number of carbonyl (C=O) groups is 1. The number of hydrogen-bond donors (Lipinski definition) is 6. The SMILES string of the molecule is NC1CC(NC(=O)C2(O)CC2N2CC2)CC(OC2OC(CO)C(O)C2O)C1. The lowest BCUT2D eigenvalue weighted by atomic mass is 9.89. The minimum atomic E-state index is -1.31. The van der Waals surface area contributed by atoms with Crippen molar-refractivity contribution in [3.63, 3.8) is 0 Å². The van der Waals surface area contributed by atoms with Crippen LogP contribution in [0.3, 0.4) is 0 Å². The molecule has 9 atom stereocenters. The van der Waals surface area contributed by atoms with Crippen molar-refractivity contribution in [2.45, 2.75) is 80.1 Å². The summed E-state index contributed by atoms with van der Waals surface area (Å²) in [6.07, 6.45) is -2.76. The van der Waals surface area contributed by atoms with Gasteiger partial charge in [0, 0.05) is 31.6 Å². The molecule has 10 heteroatoms. The molecule has 2 aliphatic carbocycles. The molecule has 1 amide bonds. The smallest absolute Gasteiger partial charge is 0.253 e. The van der Waals surface area contributed by atoms with E-state index in [1.807, 2.05) is 0 Å². The molecule has 4 aliphatic rings. The van der Waals surface area contributed by atoms with E-state index in [1.54, 1.807) is 0 Å². The topological polar surface area (TPSA) is 158 Å². The average Bonchev–Trinajstić information content (AvgIpc) is 3.51. The third-order valence-electron chi connectivity index (χ3n) is 6.07. The quantitative estimate of drug-likeness (QED) is 0.256. The normalized spacial score (nSPS) is 49.8. The Hall–Kier alpha value is -0.850. The van der Waals surface area contributed by atoms with E-state index in [0.717, 1.165) is 13.1 Å². The molecule has 0 radical (unpaired) electrons. The molecular formula is C17H29N3O7. The summed E-state index contributed by atoms with van der Waals surface area (Å²) in [5, 5.41) is 42.4. The van der Waals surface area contributed by atoms with Gasteiger partial charge in [0.2, 0.25) is 0 Å². The van der Waals surface area contributed by atoms with Crippen molar-refractivity contribution >= 4 is 5.91 Å². The number of hydrogen-bond acceptors (Lipinski definition) is 9. The van der Waals surface area contributed by atoms with E-state index in [9.17, 15) is 20.1 Å². The third-order valence-corrected chi connectivity index (χ3v) is 6.07. The van der Waals surface area contributed by atoms with Gasteiger partial charge in [-0.15, -0.1) is 0 Å². The second-order valence-corrected chi connectivity index (χ2v) is 8.28. The maximum Gasteiger partial charge on any atom is 0.253 e. The van der Waals surface area contributed by atoms with Crippen LogP contribution in [0.1, 0.15) is 25.7 Å². The largest absolute Gasteiger partial charge is 0.394 e. The Morgan fingerprint density at radius 3 is 2.63 bits per heavy atom. The lowest BCUT2D eigenvalue weighted by molar-refractivity contribution is -0.200. The minimum Gasteiger partial charge on any atom is -0.394 e. The molecule has 27 heavy (non-hydrogen) atoms. The highest BCUT2D eigenvalue weighted by Gasteiger charge is 2.63. The van der Waals surface area contributed by atoms with Crippen molar-refractivity contribution in [1.82, 2.24) is 10.2 Å². The highest BCUT2D eigenvalue weighted by Crippen LogP contribution is 2.43. The molecule has 4 fully saturated rings. The fraction of sp³-hybridized carbons (Fsp3) is 0.941. The molecule has 0 aromatic carbocycles. The summed E-state index contributed by atoms with van der Waals surface area (Å²) in [5.74, 6) is -0.370. The van der Waals surface area contributed by atoms with Gasteiger partial charge in [-0.05, 0) is 19.3 Å². The van der Waals surface area contributed by atoms with Crippen LogP contribution in [0, 0.1) is 0 Å². The summed E-state index contributed by atoms with van der Waals surface area (Å²) in [6, 6.07) is -0.536. The first kappa shape index (κ1) is 19.5. The Morgan fingerprint density at radius 1 is 1.26 bits per heavy atom. The maximum atomic E-state index is 12.5. The van der Waals surface area contributed by atoms with Crippen molar-refractivity contribution in [1.29, 1.82) is 0 Å². The highest BCUT2D eigenvalue weighted by atomic mass is 16.7. The minimum absolute atomic E-state index is 0.0826. The van der Waals surface area contributed by atoms with Crippen LogP contribution >= 0.6 is 0 Å². The first-order valence-corrected chi connectivity index (χ1v) is 9.62. The zero-order valence-corrected chi connectivity index (χ0v) is 15.1. The van der Waals surface area contributed by atoms with Gasteiger partial charge in [0.25, 0.3) is 5.91 Å². The average molecular weight is 387 g/mol. The van der Waals surface area contributed by atoms with Crippen LogP contribution in [-0.4, -0.2) is 105 Å². The molecule has 0 aromatic heterocycles. The standard InChI is InChI=1S/C17H29N3O7/c18-8-3-9(19-16(24)17(25)6-12(17)20-1-2-20)5-10(4-8)26-15-14(23)13(22)11(7-21)27-15/h8-15,21-23,25H,1-7,18H2,(H,19,24). The van der Waals surface area contributed by atoms with Gasteiger partial charge in [-0.1, -0.05) is 0 Å². The maximum absolute atomic E-state index is 12.5. The fourth-order valence-electron chi connectivity index (χ4n) is 4.30. The lowest BCUT2D eigenvalue weighted by Crippen LogP contribution is -2.52. The second kappa shape index (κ2) is 7.20. The molecule has 2 saturated carbocycles. The molecule has 7 N–H and O–H groups in total. The van der Waals surface area contributed by atoms with Crippen molar-refractivity contribution in [3.8, 4) is 0 Å². The Bertz CT molecular complexity index is 577. The summed E-state index contributed by atoms with van der Waals surface area (Å²) in [6.45, 7) is 1.43. The Balaban J connectivity index is 1.31. The first-order chi connectivity index (χ1) is 12.8. The van der Waals surface area contributed by atoms with E-state index < -0.39 is 36.8 Å². The summed E-state index contributed by atoms with van der Waals surface area (Å²) in [4.78, 5) is 14.5. The first-order valence-electron chi connectivity index (χ1n) is 9.62. The zero-order chi connectivity index (χ0) is 19.3. The predicted octanol–water partition coefficient (Wildman–Crippen LogP) is -3.37. The van der Waals surface area contributed by atoms with Crippen molar-refractivity contribution in [2.75, 3.05) is 19.7 Å². The predicted molar refractivity (Wildman–Crippen MR) is 91.3 cm³/mol. The van der Waals surface area contributed by atoms with Crippen LogP contribution in [0.2, 0.25) is 0 Å². The van der Waals surface area contributed by atoms with Crippen LogP contribution in [0.25, 0.3) is 0 Å². The van der Waals surface area contributed by atoms with Gasteiger partial charge in [0.15, 0.2) is 11.9 Å². The molecule has 0 bridgehead atoms. The molecule has 9 unspecified atom stereocenters. The van der Waals surface area contributed by atoms with Crippen molar-refractivity contribution < 1.29 is 34.7 Å². The van der Waals surface area contributed by atoms with Gasteiger partial charge in [-0.2, -0.15) is 0 Å². The molecule has 154 valence electrons. The third kappa shape index (κ3) is 3.85. The van der Waals surface area contributed by atoms with E-state index in [0.29, 0.717) is 25.7 Å². The van der Waals surface area contributed by atoms with E-state index in [4.69, 9.17) is 20.3 Å². The van der Waals surface area contributed by atoms with E-state index >= 15 is 0 Å². The van der Waals surface area contributed by atoms with Gasteiger partial charge in [0.1, 0.15) is 18.3 Å². The highest BCUT2D eigenvalue weighted by molar-refractivity contribution is 5.89. The summed E-state index contributed by atoms with van der Waals surface area (Å²) >= 11 is 0. The molecule has 2 aliphatic heterocycles. The molecule has 2 saturated heterocycles. The van der Waals surface area contributed by atoms with Crippen molar-refractivity contribution in [2.24, 2.45) is 5.73 Å². The number of nitrogens with zero attached hydrogens (tertiary/aromatic N) is 1. The van der Waals surface area contributed by atoms with E-state index in [2.05, 4.69) is 10.2 Å². The van der Waals surface area contributed by atoms with Gasteiger partial charge in [0.05, 0.1) is 18.8 Å². The number of nitrogens with one attached hydrogen (secondary N) is 1. The number of aliphatic hydroxyl groups is 4. The second-order valence-electron chi connectivity index (χ2n) is 8.28. The summed E-state index contributed by atoms with van der Waals surface area (Å²) in [5.41, 5.74) is 4.79. The van der Waals surface area contributed by atoms with Crippen LogP contribution in [-0.2, 0) is 14.3 Å². The van der Waals surface area contributed by atoms with Crippen LogP contribution in [0.4, 0.5) is 0 Å². The number of amides is 1. The number of nitrogens with two attached hydrogens (primary N) is 1.